The van der Waals surface area contributed by atoms with Gasteiger partial charge in [-0.25, -0.2) is 5.01 Å². The first-order valence-corrected chi connectivity index (χ1v) is 9.76. The van der Waals surface area contributed by atoms with Gasteiger partial charge in [0.05, 0.1) is 16.3 Å². The van der Waals surface area contributed by atoms with Crippen LogP contribution in [0.15, 0.2) is 70.8 Å². The molecule has 0 bridgehead atoms. The third-order valence-corrected chi connectivity index (χ3v) is 5.25. The maximum Gasteiger partial charge on any atom is 0.289 e. The van der Waals surface area contributed by atoms with E-state index in [1.807, 2.05) is 0 Å². The third-order valence-electron chi connectivity index (χ3n) is 4.43. The fraction of sp³-hybridized carbons (Fsp3) is 0. The molecule has 1 aromatic heterocycles. The van der Waals surface area contributed by atoms with Crippen LogP contribution in [0.5, 0.6) is 0 Å². The molecule has 1 aliphatic rings. The summed E-state index contributed by atoms with van der Waals surface area (Å²) >= 11 is 9.22. The van der Waals surface area contributed by atoms with E-state index in [9.17, 15) is 19.7 Å². The number of carbonyl (C=O) groups excluding carboxylic acids is 2. The SMILES string of the molecule is O=C1NN(c2cccc(Br)c2)C(=O)/C1=C\c1cccn1-c1ccc(Cl)c([N+](=O)[O-])c1. The number of anilines is 1. The molecule has 150 valence electrons. The highest BCUT2D eigenvalue weighted by Crippen LogP contribution is 2.29. The maximum atomic E-state index is 12.8. The summed E-state index contributed by atoms with van der Waals surface area (Å²) in [6, 6.07) is 14.7. The molecule has 0 atom stereocenters. The van der Waals surface area contributed by atoms with Gasteiger partial charge in [-0.2, -0.15) is 0 Å². The van der Waals surface area contributed by atoms with E-state index in [-0.39, 0.29) is 16.3 Å². The Morgan fingerprint density at radius 3 is 2.60 bits per heavy atom. The van der Waals surface area contributed by atoms with Crippen molar-refractivity contribution in [1.29, 1.82) is 0 Å². The Bertz CT molecular complexity index is 1240. The normalized spacial score (nSPS) is 15.0. The number of nitrogens with one attached hydrogen (secondary N) is 1. The Labute approximate surface area is 183 Å². The van der Waals surface area contributed by atoms with Crippen molar-refractivity contribution in [3.05, 3.63) is 91.7 Å². The predicted molar refractivity (Wildman–Crippen MR) is 115 cm³/mol. The number of nitro groups is 1. The van der Waals surface area contributed by atoms with Crippen molar-refractivity contribution in [2.45, 2.75) is 0 Å². The Kier molecular flexibility index (Phi) is 5.15. The molecule has 10 heteroatoms. The van der Waals surface area contributed by atoms with Crippen LogP contribution in [-0.4, -0.2) is 21.3 Å². The van der Waals surface area contributed by atoms with Crippen molar-refractivity contribution in [3.63, 3.8) is 0 Å². The second-order valence-electron chi connectivity index (χ2n) is 6.32. The minimum absolute atomic E-state index is 0.0193. The van der Waals surface area contributed by atoms with Crippen molar-refractivity contribution in [3.8, 4) is 5.69 Å². The van der Waals surface area contributed by atoms with Crippen molar-refractivity contribution in [2.75, 3.05) is 5.01 Å². The number of rotatable bonds is 4. The van der Waals surface area contributed by atoms with Crippen LogP contribution < -0.4 is 10.4 Å². The average Bonchev–Trinajstić information content (AvgIpc) is 3.28. The van der Waals surface area contributed by atoms with Crippen LogP contribution in [0.3, 0.4) is 0 Å². The summed E-state index contributed by atoms with van der Waals surface area (Å²) in [4.78, 5) is 35.9. The number of nitro benzene ring substituents is 1. The van der Waals surface area contributed by atoms with Crippen molar-refractivity contribution in [2.24, 2.45) is 0 Å². The van der Waals surface area contributed by atoms with Gasteiger partial charge in [-0.1, -0.05) is 33.6 Å². The molecule has 8 nitrogen and oxygen atoms in total. The van der Waals surface area contributed by atoms with Gasteiger partial charge in [0, 0.05) is 22.4 Å². The number of nitrogens with zero attached hydrogens (tertiary/aromatic N) is 3. The fourth-order valence-corrected chi connectivity index (χ4v) is 3.61. The van der Waals surface area contributed by atoms with Gasteiger partial charge in [0.25, 0.3) is 17.5 Å². The zero-order valence-corrected chi connectivity index (χ0v) is 17.4. The molecule has 2 amide bonds. The lowest BCUT2D eigenvalue weighted by molar-refractivity contribution is -0.384. The number of benzene rings is 2. The molecule has 1 N–H and O–H groups in total. The molecule has 2 heterocycles. The van der Waals surface area contributed by atoms with E-state index in [0.717, 1.165) is 4.47 Å². The van der Waals surface area contributed by atoms with E-state index in [1.165, 1.54) is 23.2 Å². The molecule has 4 rings (SSSR count). The molecule has 0 aliphatic carbocycles. The summed E-state index contributed by atoms with van der Waals surface area (Å²) in [5, 5.41) is 12.4. The lowest BCUT2D eigenvalue weighted by atomic mass is 10.2. The maximum absolute atomic E-state index is 12.8. The van der Waals surface area contributed by atoms with Gasteiger partial charge in [0.2, 0.25) is 0 Å². The van der Waals surface area contributed by atoms with E-state index >= 15 is 0 Å². The van der Waals surface area contributed by atoms with Gasteiger partial charge >= 0.3 is 0 Å². The minimum Gasteiger partial charge on any atom is -0.317 e. The third kappa shape index (κ3) is 3.60. The van der Waals surface area contributed by atoms with E-state index in [2.05, 4.69) is 21.4 Å². The quantitative estimate of drug-likeness (QED) is 0.257. The highest BCUT2D eigenvalue weighted by molar-refractivity contribution is 9.10. The van der Waals surface area contributed by atoms with Crippen molar-refractivity contribution in [1.82, 2.24) is 9.99 Å². The molecule has 0 radical (unpaired) electrons. The second-order valence-corrected chi connectivity index (χ2v) is 7.64. The van der Waals surface area contributed by atoms with Crippen LogP contribution >= 0.6 is 27.5 Å². The Morgan fingerprint density at radius 2 is 1.87 bits per heavy atom. The number of hydrazine groups is 1. The monoisotopic (exact) mass is 486 g/mol. The first kappa shape index (κ1) is 19.9. The predicted octanol–water partition coefficient (Wildman–Crippen LogP) is 4.26. The number of hydrogen-bond donors (Lipinski definition) is 1. The van der Waals surface area contributed by atoms with Gasteiger partial charge in [-0.15, -0.1) is 0 Å². The Morgan fingerprint density at radius 1 is 1.07 bits per heavy atom. The highest BCUT2D eigenvalue weighted by atomic mass is 79.9. The van der Waals surface area contributed by atoms with E-state index in [0.29, 0.717) is 17.1 Å². The van der Waals surface area contributed by atoms with Gasteiger partial charge in [0.1, 0.15) is 10.6 Å². The van der Waals surface area contributed by atoms with Crippen molar-refractivity contribution < 1.29 is 14.5 Å². The van der Waals surface area contributed by atoms with Gasteiger partial charge < -0.3 is 4.57 Å². The first-order chi connectivity index (χ1) is 14.3. The minimum atomic E-state index is -0.572. The van der Waals surface area contributed by atoms with Gasteiger partial charge in [-0.3, -0.25) is 25.1 Å². The van der Waals surface area contributed by atoms with E-state index in [1.54, 1.807) is 53.2 Å². The number of amides is 2. The largest absolute Gasteiger partial charge is 0.317 e. The summed E-state index contributed by atoms with van der Waals surface area (Å²) in [6.07, 6.45) is 3.11. The second kappa shape index (κ2) is 7.77. The zero-order valence-electron chi connectivity index (χ0n) is 15.1. The van der Waals surface area contributed by atoms with E-state index in [4.69, 9.17) is 11.6 Å². The topological polar surface area (TPSA) is 97.5 Å². The molecule has 0 saturated carbocycles. The molecule has 1 aliphatic heterocycles. The molecule has 1 fully saturated rings. The summed E-state index contributed by atoms with van der Waals surface area (Å²) in [6.45, 7) is 0. The number of halogens is 2. The highest BCUT2D eigenvalue weighted by Gasteiger charge is 2.34. The lowest BCUT2D eigenvalue weighted by Crippen LogP contribution is -2.35. The lowest BCUT2D eigenvalue weighted by Gasteiger charge is -2.14. The molecule has 0 spiro atoms. The first-order valence-electron chi connectivity index (χ1n) is 8.59. The number of hydrogen-bond acceptors (Lipinski definition) is 4. The molecular formula is C20H12BrClN4O4. The summed E-state index contributed by atoms with van der Waals surface area (Å²) in [5.74, 6) is -1.05. The Hall–Kier alpha value is -3.43. The molecule has 30 heavy (non-hydrogen) atoms. The van der Waals surface area contributed by atoms with Crippen LogP contribution in [0.4, 0.5) is 11.4 Å². The average molecular weight is 488 g/mol. The molecule has 2 aromatic carbocycles. The number of aromatic nitrogens is 1. The van der Waals surface area contributed by atoms with Crippen LogP contribution in [-0.2, 0) is 9.59 Å². The number of carbonyl (C=O) groups is 2. The fourth-order valence-electron chi connectivity index (χ4n) is 3.04. The molecular weight excluding hydrogens is 476 g/mol. The summed E-state index contributed by atoms with van der Waals surface area (Å²) in [7, 11) is 0. The summed E-state index contributed by atoms with van der Waals surface area (Å²) < 4.78 is 2.39. The van der Waals surface area contributed by atoms with E-state index < -0.39 is 16.7 Å². The smallest absolute Gasteiger partial charge is 0.289 e. The molecule has 1 saturated heterocycles. The molecule has 0 unspecified atom stereocenters. The van der Waals surface area contributed by atoms with Gasteiger partial charge in [-0.05, 0) is 48.5 Å². The Balaban J connectivity index is 1.71. The molecule has 3 aromatic rings. The van der Waals surface area contributed by atoms with Crippen LogP contribution in [0, 0.1) is 10.1 Å². The van der Waals surface area contributed by atoms with Gasteiger partial charge in [0.15, 0.2) is 0 Å². The standard InChI is InChI=1S/C20H12BrClN4O4/c21-12-3-1-4-15(9-12)25-20(28)16(19(27)23-25)10-13-5-2-8-24(13)14-6-7-17(22)18(11-14)26(29)30/h1-11H,(H,23,27)/b16-10-. The summed E-state index contributed by atoms with van der Waals surface area (Å²) in [5.41, 5.74) is 3.72. The van der Waals surface area contributed by atoms with Crippen LogP contribution in [0.1, 0.15) is 5.69 Å². The van der Waals surface area contributed by atoms with Crippen LogP contribution in [0.25, 0.3) is 11.8 Å². The van der Waals surface area contributed by atoms with Crippen molar-refractivity contribution >= 4 is 56.8 Å². The zero-order chi connectivity index (χ0) is 21.4. The van der Waals surface area contributed by atoms with Crippen LogP contribution in [0.2, 0.25) is 5.02 Å².